The van der Waals surface area contributed by atoms with Gasteiger partial charge in [-0.25, -0.2) is 0 Å². The van der Waals surface area contributed by atoms with Gasteiger partial charge >= 0.3 is 5.97 Å². The minimum atomic E-state index is -0.724. The summed E-state index contributed by atoms with van der Waals surface area (Å²) in [5.41, 5.74) is 0. The number of unbranched alkanes of at least 4 members (excludes halogenated alkanes) is 1. The molecule has 0 spiro atoms. The molecule has 108 valence electrons. The van der Waals surface area contributed by atoms with Crippen LogP contribution in [0.4, 0.5) is 0 Å². The first-order valence-corrected chi connectivity index (χ1v) is 7.35. The van der Waals surface area contributed by atoms with E-state index >= 15 is 0 Å². The van der Waals surface area contributed by atoms with E-state index in [4.69, 9.17) is 14.9 Å². The highest BCUT2D eigenvalue weighted by atomic mass is 16.5. The molecule has 0 unspecified atom stereocenters. The van der Waals surface area contributed by atoms with Gasteiger partial charge in [0.05, 0.1) is 12.2 Å². The number of aliphatic hydroxyl groups is 1. The quantitative estimate of drug-likeness (QED) is 0.524. The Kier molecular flexibility index (Phi) is 5.40. The highest BCUT2D eigenvalue weighted by Gasteiger charge is 2.47. The number of aliphatic hydroxyl groups excluding tert-OH is 1. The first-order chi connectivity index (χ1) is 9.22. The fraction of sp³-hybridized carbons (Fsp3) is 0.800. The molecule has 2 heterocycles. The zero-order valence-corrected chi connectivity index (χ0v) is 11.3. The van der Waals surface area contributed by atoms with Crippen molar-refractivity contribution in [2.24, 2.45) is 11.8 Å². The van der Waals surface area contributed by atoms with Gasteiger partial charge in [-0.1, -0.05) is 12.2 Å². The first-order valence-electron chi connectivity index (χ1n) is 7.35. The van der Waals surface area contributed by atoms with Gasteiger partial charge in [0.25, 0.3) is 0 Å². The predicted octanol–water partition coefficient (Wildman–Crippen LogP) is 2.36. The Bertz CT molecular complexity index is 326. The lowest BCUT2D eigenvalue weighted by atomic mass is 9.76. The first kappa shape index (κ1) is 14.5. The van der Waals surface area contributed by atoms with Crippen LogP contribution in [-0.2, 0) is 9.53 Å². The van der Waals surface area contributed by atoms with E-state index in [1.807, 2.05) is 0 Å². The number of hydrogen-bond donors (Lipinski definition) is 2. The number of carbonyl (C=O) groups is 1. The number of hydrogen-bond acceptors (Lipinski definition) is 3. The topological polar surface area (TPSA) is 66.8 Å². The lowest BCUT2D eigenvalue weighted by Crippen LogP contribution is -2.27. The van der Waals surface area contributed by atoms with Gasteiger partial charge in [-0.05, 0) is 50.4 Å². The van der Waals surface area contributed by atoms with E-state index in [0.717, 1.165) is 32.1 Å². The molecule has 4 nitrogen and oxygen atoms in total. The van der Waals surface area contributed by atoms with E-state index in [9.17, 15) is 4.79 Å². The number of ether oxygens (including phenoxy) is 1. The van der Waals surface area contributed by atoms with Crippen molar-refractivity contribution in [2.75, 3.05) is 6.61 Å². The largest absolute Gasteiger partial charge is 0.481 e. The number of carboxylic acid groups (broad SMARTS) is 1. The fourth-order valence-corrected chi connectivity index (χ4v) is 3.49. The SMILES string of the molecule is O=C(O)CCC/C=C\C[C@@H]1[C@H](CCO)[C@@H]2CC[C@H]1O2. The van der Waals surface area contributed by atoms with Crippen LogP contribution in [0.5, 0.6) is 0 Å². The Balaban J connectivity index is 1.72. The Morgan fingerprint density at radius 1 is 1.21 bits per heavy atom. The van der Waals surface area contributed by atoms with E-state index in [0.29, 0.717) is 30.5 Å². The normalized spacial score (nSPS) is 33.3. The second kappa shape index (κ2) is 7.06. The molecule has 0 saturated carbocycles. The maximum absolute atomic E-state index is 10.4. The Morgan fingerprint density at radius 3 is 2.63 bits per heavy atom. The van der Waals surface area contributed by atoms with Crippen molar-refractivity contribution in [1.29, 1.82) is 0 Å². The van der Waals surface area contributed by atoms with Crippen LogP contribution in [0.15, 0.2) is 12.2 Å². The van der Waals surface area contributed by atoms with Gasteiger partial charge in [0.15, 0.2) is 0 Å². The molecule has 2 aliphatic rings. The molecule has 2 saturated heterocycles. The Morgan fingerprint density at radius 2 is 1.95 bits per heavy atom. The number of aliphatic carboxylic acids is 1. The van der Waals surface area contributed by atoms with E-state index in [2.05, 4.69) is 12.2 Å². The smallest absolute Gasteiger partial charge is 0.303 e. The zero-order chi connectivity index (χ0) is 13.7. The molecule has 0 amide bonds. The molecule has 19 heavy (non-hydrogen) atoms. The van der Waals surface area contributed by atoms with Crippen molar-refractivity contribution in [3.05, 3.63) is 12.2 Å². The zero-order valence-electron chi connectivity index (χ0n) is 11.3. The van der Waals surface area contributed by atoms with Crippen molar-refractivity contribution in [3.8, 4) is 0 Å². The third-order valence-corrected chi connectivity index (χ3v) is 4.39. The fourth-order valence-electron chi connectivity index (χ4n) is 3.49. The summed E-state index contributed by atoms with van der Waals surface area (Å²) in [7, 11) is 0. The van der Waals surface area contributed by atoms with Crippen LogP contribution in [0.1, 0.15) is 44.9 Å². The molecule has 2 rings (SSSR count). The van der Waals surface area contributed by atoms with Gasteiger partial charge in [0.2, 0.25) is 0 Å². The highest BCUT2D eigenvalue weighted by molar-refractivity contribution is 5.66. The average molecular weight is 268 g/mol. The maximum atomic E-state index is 10.4. The molecule has 0 radical (unpaired) electrons. The minimum absolute atomic E-state index is 0.245. The predicted molar refractivity (Wildman–Crippen MR) is 71.8 cm³/mol. The second-order valence-electron chi connectivity index (χ2n) is 5.62. The Labute approximate surface area is 114 Å². The Hall–Kier alpha value is -0.870. The van der Waals surface area contributed by atoms with Crippen LogP contribution in [0, 0.1) is 11.8 Å². The number of allylic oxidation sites excluding steroid dienone is 2. The van der Waals surface area contributed by atoms with Crippen LogP contribution >= 0.6 is 0 Å². The van der Waals surface area contributed by atoms with Crippen LogP contribution in [0.2, 0.25) is 0 Å². The van der Waals surface area contributed by atoms with Gasteiger partial charge in [0.1, 0.15) is 0 Å². The summed E-state index contributed by atoms with van der Waals surface area (Å²) in [4.78, 5) is 10.4. The summed E-state index contributed by atoms with van der Waals surface area (Å²) in [5.74, 6) is 0.326. The molecule has 2 N–H and O–H groups in total. The maximum Gasteiger partial charge on any atom is 0.303 e. The van der Waals surface area contributed by atoms with Gasteiger partial charge in [-0.15, -0.1) is 0 Å². The molecule has 2 fully saturated rings. The van der Waals surface area contributed by atoms with Crippen LogP contribution in [0.3, 0.4) is 0 Å². The molecule has 0 aromatic rings. The van der Waals surface area contributed by atoms with Crippen molar-refractivity contribution in [1.82, 2.24) is 0 Å². The molecule has 4 heteroatoms. The van der Waals surface area contributed by atoms with Gasteiger partial charge < -0.3 is 14.9 Å². The molecular weight excluding hydrogens is 244 g/mol. The number of carboxylic acids is 1. The lowest BCUT2D eigenvalue weighted by Gasteiger charge is -2.26. The van der Waals surface area contributed by atoms with Gasteiger partial charge in [-0.3, -0.25) is 4.79 Å². The third-order valence-electron chi connectivity index (χ3n) is 4.39. The van der Waals surface area contributed by atoms with E-state index in [1.54, 1.807) is 0 Å². The number of rotatable bonds is 8. The lowest BCUT2D eigenvalue weighted by molar-refractivity contribution is -0.137. The summed E-state index contributed by atoms with van der Waals surface area (Å²) in [6.45, 7) is 0.246. The molecular formula is C15H24O4. The summed E-state index contributed by atoms with van der Waals surface area (Å²) in [5, 5.41) is 17.7. The molecule has 0 aromatic heterocycles. The monoisotopic (exact) mass is 268 g/mol. The van der Waals surface area contributed by atoms with Crippen LogP contribution in [-0.4, -0.2) is 35.0 Å². The van der Waals surface area contributed by atoms with Crippen LogP contribution < -0.4 is 0 Å². The van der Waals surface area contributed by atoms with E-state index < -0.39 is 5.97 Å². The third kappa shape index (κ3) is 3.80. The number of fused-ring (bicyclic) bond motifs is 2. The molecule has 2 bridgehead atoms. The summed E-state index contributed by atoms with van der Waals surface area (Å²) >= 11 is 0. The second-order valence-corrected chi connectivity index (χ2v) is 5.62. The minimum Gasteiger partial charge on any atom is -0.481 e. The highest BCUT2D eigenvalue weighted by Crippen LogP contribution is 2.46. The van der Waals surface area contributed by atoms with E-state index in [-0.39, 0.29) is 13.0 Å². The van der Waals surface area contributed by atoms with Crippen LogP contribution in [0.25, 0.3) is 0 Å². The summed E-state index contributed by atoms with van der Waals surface area (Å²) in [6, 6.07) is 0. The summed E-state index contributed by atoms with van der Waals surface area (Å²) < 4.78 is 5.94. The molecule has 2 aliphatic heterocycles. The summed E-state index contributed by atoms with van der Waals surface area (Å²) in [6.07, 6.45) is 10.9. The average Bonchev–Trinajstić information content (AvgIpc) is 2.95. The van der Waals surface area contributed by atoms with Crippen molar-refractivity contribution in [3.63, 3.8) is 0 Å². The molecule has 0 aromatic carbocycles. The van der Waals surface area contributed by atoms with Crippen molar-refractivity contribution < 1.29 is 19.7 Å². The van der Waals surface area contributed by atoms with Gasteiger partial charge in [0, 0.05) is 13.0 Å². The van der Waals surface area contributed by atoms with Gasteiger partial charge in [-0.2, -0.15) is 0 Å². The van der Waals surface area contributed by atoms with Crippen molar-refractivity contribution >= 4 is 5.97 Å². The van der Waals surface area contributed by atoms with E-state index in [1.165, 1.54) is 0 Å². The standard InChI is InChI=1S/C15H24O4/c16-10-9-12-11(13-7-8-14(12)19-13)5-3-1-2-4-6-15(17)18/h1,3,11-14,16H,2,4-10H2,(H,17,18)/b3-1-/t11-,12+,13-,14+/m1/s1. The molecule has 0 aliphatic carbocycles. The van der Waals surface area contributed by atoms with Crippen molar-refractivity contribution in [2.45, 2.75) is 57.2 Å². The molecule has 4 atom stereocenters.